The Bertz CT molecular complexity index is 1040. The molecule has 1 aliphatic heterocycles. The predicted molar refractivity (Wildman–Crippen MR) is 106 cm³/mol. The number of nitrogens with zero attached hydrogens (tertiary/aromatic N) is 3. The molecule has 3 aromatic rings. The molecule has 1 saturated heterocycles. The fraction of sp³-hybridized carbons (Fsp3) is 0.381. The zero-order chi connectivity index (χ0) is 20.6. The lowest BCUT2D eigenvalue weighted by atomic mass is 9.94. The van der Waals surface area contributed by atoms with Crippen LogP contribution in [0.15, 0.2) is 36.7 Å². The Labute approximate surface area is 166 Å². The van der Waals surface area contributed by atoms with Gasteiger partial charge in [-0.05, 0) is 44.9 Å². The van der Waals surface area contributed by atoms with Crippen molar-refractivity contribution in [1.82, 2.24) is 15.2 Å². The van der Waals surface area contributed by atoms with E-state index in [1.54, 1.807) is 18.5 Å². The van der Waals surface area contributed by atoms with Crippen LogP contribution in [0.25, 0.3) is 22.0 Å². The van der Waals surface area contributed by atoms with E-state index < -0.39 is 6.43 Å². The van der Waals surface area contributed by atoms with Crippen LogP contribution in [0.5, 0.6) is 5.75 Å². The lowest BCUT2D eigenvalue weighted by molar-refractivity contribution is -0.0553. The molecule has 0 amide bonds. The Morgan fingerprint density at radius 1 is 1.21 bits per heavy atom. The maximum atomic E-state index is 12.9. The molecular formula is C21H22F2N4O2. The number of aromatic nitrogens is 3. The molecule has 3 heterocycles. The highest BCUT2D eigenvalue weighted by molar-refractivity contribution is 6.00. The van der Waals surface area contributed by atoms with Crippen molar-refractivity contribution in [2.75, 3.05) is 11.9 Å². The monoisotopic (exact) mass is 400 g/mol. The molecule has 0 aliphatic carbocycles. The number of anilines is 1. The summed E-state index contributed by atoms with van der Waals surface area (Å²) in [6, 6.07) is 5.74. The molecule has 0 spiro atoms. The van der Waals surface area contributed by atoms with E-state index in [-0.39, 0.29) is 23.0 Å². The summed E-state index contributed by atoms with van der Waals surface area (Å²) in [5, 5.41) is 23.8. The lowest BCUT2D eigenvalue weighted by Gasteiger charge is -2.36. The van der Waals surface area contributed by atoms with E-state index in [1.807, 2.05) is 0 Å². The number of fused-ring (bicyclic) bond motifs is 1. The van der Waals surface area contributed by atoms with Crippen molar-refractivity contribution in [2.45, 2.75) is 44.8 Å². The summed E-state index contributed by atoms with van der Waals surface area (Å²) in [6.07, 6.45) is 2.33. The largest absolute Gasteiger partial charge is 0.507 e. The lowest BCUT2D eigenvalue weighted by Crippen LogP contribution is -2.40. The number of benzene rings is 1. The van der Waals surface area contributed by atoms with Crippen LogP contribution in [0.1, 0.15) is 38.7 Å². The molecule has 8 heteroatoms. The van der Waals surface area contributed by atoms with E-state index in [0.29, 0.717) is 23.7 Å². The van der Waals surface area contributed by atoms with Gasteiger partial charge in [-0.2, -0.15) is 0 Å². The van der Waals surface area contributed by atoms with Crippen LogP contribution in [0.4, 0.5) is 14.6 Å². The number of phenols is 1. The molecule has 0 radical (unpaired) electrons. The summed E-state index contributed by atoms with van der Waals surface area (Å²) in [6.45, 7) is 4.78. The van der Waals surface area contributed by atoms with Crippen LogP contribution < -0.4 is 5.32 Å². The molecule has 1 aromatic carbocycles. The molecule has 1 aliphatic rings. The van der Waals surface area contributed by atoms with E-state index in [0.717, 1.165) is 29.7 Å². The summed E-state index contributed by atoms with van der Waals surface area (Å²) in [7, 11) is 0. The number of nitrogens with one attached hydrogen (secondary N) is 1. The Morgan fingerprint density at radius 3 is 2.76 bits per heavy atom. The van der Waals surface area contributed by atoms with Crippen LogP contribution in [0, 0.1) is 0 Å². The molecule has 0 bridgehead atoms. The fourth-order valence-corrected chi connectivity index (χ4v) is 3.74. The van der Waals surface area contributed by atoms with Crippen molar-refractivity contribution in [3.63, 3.8) is 0 Å². The molecule has 152 valence electrons. The number of aromatic hydroxyl groups is 1. The number of ether oxygens (including phenoxy) is 1. The predicted octanol–water partition coefficient (Wildman–Crippen LogP) is 4.70. The Kier molecular flexibility index (Phi) is 5.04. The van der Waals surface area contributed by atoms with Crippen LogP contribution in [-0.4, -0.2) is 38.5 Å². The van der Waals surface area contributed by atoms with Crippen molar-refractivity contribution in [2.24, 2.45) is 0 Å². The highest BCUT2D eigenvalue weighted by Crippen LogP contribution is 2.37. The number of hydrogen-bond donors (Lipinski definition) is 2. The second-order valence-corrected chi connectivity index (χ2v) is 7.84. The minimum atomic E-state index is -2.66. The summed E-state index contributed by atoms with van der Waals surface area (Å²) >= 11 is 0. The number of hydrogen-bond acceptors (Lipinski definition) is 6. The summed E-state index contributed by atoms with van der Waals surface area (Å²) in [5.41, 5.74) is 0.302. The maximum Gasteiger partial charge on any atom is 0.263 e. The van der Waals surface area contributed by atoms with Gasteiger partial charge in [-0.1, -0.05) is 6.07 Å². The second kappa shape index (κ2) is 7.51. The molecule has 29 heavy (non-hydrogen) atoms. The van der Waals surface area contributed by atoms with Gasteiger partial charge in [0.15, 0.2) is 5.82 Å². The highest BCUT2D eigenvalue weighted by atomic mass is 19.3. The van der Waals surface area contributed by atoms with E-state index in [4.69, 9.17) is 4.74 Å². The van der Waals surface area contributed by atoms with Gasteiger partial charge < -0.3 is 15.2 Å². The van der Waals surface area contributed by atoms with Gasteiger partial charge in [-0.25, -0.2) is 8.78 Å². The Balaban J connectivity index is 1.73. The standard InChI is InChI=1S/C21H22F2N4O2/c1-21(2)10-13(6-8-29-21)25-20-16-11-24-7-5-14(16)18(26-27-20)15-4-3-12(19(22)23)9-17(15)28/h3-5,7,9,11,13,19,28H,6,8,10H2,1-2H3,(H,25,27)/t13-/m1/s1. The van der Waals surface area contributed by atoms with Gasteiger partial charge in [0.05, 0.1) is 5.60 Å². The van der Waals surface area contributed by atoms with Gasteiger partial charge in [0, 0.05) is 46.9 Å². The topological polar surface area (TPSA) is 80.2 Å². The molecule has 6 nitrogen and oxygen atoms in total. The Morgan fingerprint density at radius 2 is 2.03 bits per heavy atom. The molecule has 4 rings (SSSR count). The second-order valence-electron chi connectivity index (χ2n) is 7.84. The van der Waals surface area contributed by atoms with Gasteiger partial charge in [0.1, 0.15) is 11.4 Å². The quantitative estimate of drug-likeness (QED) is 0.661. The highest BCUT2D eigenvalue weighted by Gasteiger charge is 2.29. The molecule has 0 saturated carbocycles. The van der Waals surface area contributed by atoms with E-state index in [1.165, 1.54) is 12.1 Å². The van der Waals surface area contributed by atoms with E-state index in [2.05, 4.69) is 34.3 Å². The number of rotatable bonds is 4. The van der Waals surface area contributed by atoms with E-state index >= 15 is 0 Å². The molecule has 2 aromatic heterocycles. The average Bonchev–Trinajstić information content (AvgIpc) is 2.68. The molecule has 1 fully saturated rings. The third-order valence-electron chi connectivity index (χ3n) is 5.15. The zero-order valence-corrected chi connectivity index (χ0v) is 16.2. The van der Waals surface area contributed by atoms with Gasteiger partial charge in [-0.15, -0.1) is 10.2 Å². The number of alkyl halides is 2. The average molecular weight is 400 g/mol. The molecular weight excluding hydrogens is 378 g/mol. The van der Waals surface area contributed by atoms with Crippen molar-refractivity contribution < 1.29 is 18.6 Å². The number of phenolic OH excluding ortho intramolecular Hbond substituents is 1. The summed E-state index contributed by atoms with van der Waals surface area (Å²) < 4.78 is 31.6. The van der Waals surface area contributed by atoms with Gasteiger partial charge in [0.2, 0.25) is 0 Å². The first-order valence-electron chi connectivity index (χ1n) is 9.46. The van der Waals surface area contributed by atoms with Crippen molar-refractivity contribution in [1.29, 1.82) is 0 Å². The first kappa shape index (κ1) is 19.4. The molecule has 0 unspecified atom stereocenters. The van der Waals surface area contributed by atoms with Crippen LogP contribution in [0.3, 0.4) is 0 Å². The third-order valence-corrected chi connectivity index (χ3v) is 5.15. The fourth-order valence-electron chi connectivity index (χ4n) is 3.74. The van der Waals surface area contributed by atoms with Crippen molar-refractivity contribution in [3.8, 4) is 17.0 Å². The van der Waals surface area contributed by atoms with Gasteiger partial charge in [0.25, 0.3) is 6.43 Å². The summed E-state index contributed by atoms with van der Waals surface area (Å²) in [4.78, 5) is 4.20. The van der Waals surface area contributed by atoms with Crippen LogP contribution >= 0.6 is 0 Å². The van der Waals surface area contributed by atoms with Crippen molar-refractivity contribution in [3.05, 3.63) is 42.2 Å². The first-order chi connectivity index (χ1) is 13.8. The molecule has 1 atom stereocenters. The van der Waals surface area contributed by atoms with Crippen molar-refractivity contribution >= 4 is 16.6 Å². The number of pyridine rings is 1. The first-order valence-corrected chi connectivity index (χ1v) is 9.46. The van der Waals surface area contributed by atoms with Gasteiger partial charge in [-0.3, -0.25) is 4.98 Å². The van der Waals surface area contributed by atoms with Crippen LogP contribution in [0.2, 0.25) is 0 Å². The third kappa shape index (κ3) is 3.98. The van der Waals surface area contributed by atoms with E-state index in [9.17, 15) is 13.9 Å². The zero-order valence-electron chi connectivity index (χ0n) is 16.2. The SMILES string of the molecule is CC1(C)C[C@H](Nc2nnc(-c3ccc(C(F)F)cc3O)c3ccncc23)CCO1. The minimum absolute atomic E-state index is 0.182. The summed E-state index contributed by atoms with van der Waals surface area (Å²) in [5.74, 6) is 0.338. The number of halogens is 2. The smallest absolute Gasteiger partial charge is 0.263 e. The maximum absolute atomic E-state index is 12.9. The molecule has 2 N–H and O–H groups in total. The Hall–Kier alpha value is -2.87. The normalized spacial score (nSPS) is 18.9. The minimum Gasteiger partial charge on any atom is -0.507 e. The van der Waals surface area contributed by atoms with Gasteiger partial charge >= 0.3 is 0 Å². The van der Waals surface area contributed by atoms with Crippen LogP contribution in [-0.2, 0) is 4.74 Å².